The van der Waals surface area contributed by atoms with Gasteiger partial charge < -0.3 is 15.0 Å². The minimum atomic E-state index is -4.16. The number of nitrogens with zero attached hydrogens (tertiary/aromatic N) is 2. The van der Waals surface area contributed by atoms with Gasteiger partial charge in [0, 0.05) is 23.7 Å². The lowest BCUT2D eigenvalue weighted by atomic mass is 9.95. The Morgan fingerprint density at radius 1 is 1.00 bits per heavy atom. The molecule has 0 unspecified atom stereocenters. The largest absolute Gasteiger partial charge is 0.497 e. The first-order valence-electron chi connectivity index (χ1n) is 14.2. The number of anilines is 1. The van der Waals surface area contributed by atoms with Crippen molar-refractivity contribution in [2.45, 2.75) is 69.5 Å². The second-order valence-electron chi connectivity index (χ2n) is 10.7. The van der Waals surface area contributed by atoms with Gasteiger partial charge in [-0.15, -0.1) is 0 Å². The van der Waals surface area contributed by atoms with Crippen LogP contribution in [0.3, 0.4) is 0 Å². The Morgan fingerprint density at radius 3 is 2.31 bits per heavy atom. The van der Waals surface area contributed by atoms with Crippen molar-refractivity contribution in [2.24, 2.45) is 0 Å². The van der Waals surface area contributed by atoms with Crippen LogP contribution in [0.2, 0.25) is 5.02 Å². The van der Waals surface area contributed by atoms with Crippen LogP contribution in [-0.2, 0) is 26.2 Å². The van der Waals surface area contributed by atoms with Crippen molar-refractivity contribution in [3.05, 3.63) is 88.9 Å². The number of benzene rings is 3. The van der Waals surface area contributed by atoms with Crippen molar-refractivity contribution < 1.29 is 22.7 Å². The first-order chi connectivity index (χ1) is 20.1. The van der Waals surface area contributed by atoms with Gasteiger partial charge in [-0.3, -0.25) is 13.9 Å². The third-order valence-corrected chi connectivity index (χ3v) is 9.65. The number of sulfonamides is 1. The number of nitrogens with one attached hydrogen (secondary N) is 1. The Kier molecular flexibility index (Phi) is 10.5. The van der Waals surface area contributed by atoms with Crippen LogP contribution >= 0.6 is 11.6 Å². The predicted octanol–water partition coefficient (Wildman–Crippen LogP) is 5.72. The quantitative estimate of drug-likeness (QED) is 0.299. The average Bonchev–Trinajstić information content (AvgIpc) is 2.99. The molecule has 0 heterocycles. The molecule has 0 aliphatic heterocycles. The number of rotatable bonds is 11. The number of carbonyl (C=O) groups is 2. The maximum atomic E-state index is 14.1. The highest BCUT2D eigenvalue weighted by molar-refractivity contribution is 7.92. The molecule has 0 bridgehead atoms. The number of hydrogen-bond donors (Lipinski definition) is 1. The Labute approximate surface area is 253 Å². The van der Waals surface area contributed by atoms with Gasteiger partial charge in [0.15, 0.2) is 0 Å². The summed E-state index contributed by atoms with van der Waals surface area (Å²) in [4.78, 5) is 29.0. The Hall–Kier alpha value is -3.56. The zero-order chi connectivity index (χ0) is 30.3. The molecule has 10 heteroatoms. The molecule has 4 rings (SSSR count). The van der Waals surface area contributed by atoms with E-state index < -0.39 is 28.5 Å². The Balaban J connectivity index is 1.68. The van der Waals surface area contributed by atoms with E-state index in [1.54, 1.807) is 67.6 Å². The third kappa shape index (κ3) is 7.83. The fourth-order valence-corrected chi connectivity index (χ4v) is 6.60. The molecule has 1 atom stereocenters. The third-order valence-electron chi connectivity index (χ3n) is 7.61. The molecule has 1 aliphatic carbocycles. The highest BCUT2D eigenvalue weighted by atomic mass is 35.5. The van der Waals surface area contributed by atoms with Gasteiger partial charge in [0.1, 0.15) is 18.3 Å². The molecular formula is C32H38ClN3O5S. The van der Waals surface area contributed by atoms with Crippen LogP contribution in [0.1, 0.15) is 50.2 Å². The summed E-state index contributed by atoms with van der Waals surface area (Å²) in [6, 6.07) is 19.3. The topological polar surface area (TPSA) is 96.0 Å². The van der Waals surface area contributed by atoms with Gasteiger partial charge in [0.2, 0.25) is 11.8 Å². The van der Waals surface area contributed by atoms with Crippen molar-refractivity contribution >= 4 is 39.1 Å². The standard InChI is InChI=1S/C32H38ClN3O5S/c1-23-12-18-30(19-13-23)42(39,40)36(28-10-7-11-29(20-28)41-3)22-31(37)35(21-25-14-16-26(33)17-15-25)24(2)32(38)34-27-8-5-4-6-9-27/h7,10-20,24,27H,4-6,8-9,21-22H2,1-3H3,(H,34,38)/t24-/m1/s1. The smallest absolute Gasteiger partial charge is 0.264 e. The van der Waals surface area contributed by atoms with Gasteiger partial charge in [0.05, 0.1) is 17.7 Å². The van der Waals surface area contributed by atoms with E-state index in [-0.39, 0.29) is 29.1 Å². The van der Waals surface area contributed by atoms with Crippen molar-refractivity contribution in [1.82, 2.24) is 10.2 Å². The summed E-state index contributed by atoms with van der Waals surface area (Å²) in [6.45, 7) is 3.13. The molecule has 0 saturated heterocycles. The number of hydrogen-bond acceptors (Lipinski definition) is 5. The monoisotopic (exact) mass is 611 g/mol. The molecule has 1 aliphatic rings. The molecule has 42 heavy (non-hydrogen) atoms. The van der Waals surface area contributed by atoms with Crippen LogP contribution in [-0.4, -0.2) is 50.9 Å². The van der Waals surface area contributed by atoms with E-state index in [9.17, 15) is 18.0 Å². The van der Waals surface area contributed by atoms with Crippen molar-refractivity contribution in [1.29, 1.82) is 0 Å². The Morgan fingerprint density at radius 2 is 1.67 bits per heavy atom. The molecule has 2 amide bonds. The van der Waals surface area contributed by atoms with Crippen LogP contribution in [0.15, 0.2) is 77.7 Å². The summed E-state index contributed by atoms with van der Waals surface area (Å²) >= 11 is 6.08. The molecule has 3 aromatic carbocycles. The summed E-state index contributed by atoms with van der Waals surface area (Å²) in [7, 11) is -2.67. The molecule has 3 aromatic rings. The summed E-state index contributed by atoms with van der Waals surface area (Å²) < 4.78 is 34.4. The fraction of sp³-hybridized carbons (Fsp3) is 0.375. The van der Waals surface area contributed by atoms with E-state index in [1.807, 2.05) is 6.92 Å². The Bertz CT molecular complexity index is 1470. The fourth-order valence-electron chi connectivity index (χ4n) is 5.07. The van der Waals surface area contributed by atoms with Crippen LogP contribution < -0.4 is 14.4 Å². The number of ether oxygens (including phenoxy) is 1. The summed E-state index contributed by atoms with van der Waals surface area (Å²) in [6.07, 6.45) is 5.07. The van der Waals surface area contributed by atoms with Gasteiger partial charge in [0.25, 0.3) is 10.0 Å². The maximum Gasteiger partial charge on any atom is 0.264 e. The molecule has 0 radical (unpaired) electrons. The SMILES string of the molecule is COc1cccc(N(CC(=O)N(Cc2ccc(Cl)cc2)[C@H](C)C(=O)NC2CCCCC2)S(=O)(=O)c2ccc(C)cc2)c1. The minimum Gasteiger partial charge on any atom is -0.497 e. The second-order valence-corrected chi connectivity index (χ2v) is 13.0. The van der Waals surface area contributed by atoms with Crippen molar-refractivity contribution in [2.75, 3.05) is 18.0 Å². The molecule has 8 nitrogen and oxygen atoms in total. The molecule has 224 valence electrons. The van der Waals surface area contributed by atoms with Crippen LogP contribution in [0.25, 0.3) is 0 Å². The van der Waals surface area contributed by atoms with Crippen LogP contribution in [0, 0.1) is 6.92 Å². The van der Waals surface area contributed by atoms with E-state index in [1.165, 1.54) is 24.1 Å². The highest BCUT2D eigenvalue weighted by Gasteiger charge is 2.33. The number of methoxy groups -OCH3 is 1. The molecule has 0 aromatic heterocycles. The predicted molar refractivity (Wildman–Crippen MR) is 165 cm³/mol. The van der Waals surface area contributed by atoms with Crippen molar-refractivity contribution in [3.63, 3.8) is 0 Å². The van der Waals surface area contributed by atoms with E-state index in [0.29, 0.717) is 10.8 Å². The molecule has 1 N–H and O–H groups in total. The van der Waals surface area contributed by atoms with Gasteiger partial charge in [-0.2, -0.15) is 0 Å². The number of halogens is 1. The van der Waals surface area contributed by atoms with Crippen LogP contribution in [0.4, 0.5) is 5.69 Å². The number of aryl methyl sites for hydroxylation is 1. The lowest BCUT2D eigenvalue weighted by molar-refractivity contribution is -0.139. The van der Waals surface area contributed by atoms with E-state index in [4.69, 9.17) is 16.3 Å². The first kappa shape index (κ1) is 31.4. The lowest BCUT2D eigenvalue weighted by Gasteiger charge is -2.33. The summed E-state index contributed by atoms with van der Waals surface area (Å²) in [5.41, 5.74) is 1.94. The van der Waals surface area contributed by atoms with E-state index >= 15 is 0 Å². The lowest BCUT2D eigenvalue weighted by Crippen LogP contribution is -2.53. The van der Waals surface area contributed by atoms with Crippen LogP contribution in [0.5, 0.6) is 5.75 Å². The molecule has 1 fully saturated rings. The number of amides is 2. The first-order valence-corrected chi connectivity index (χ1v) is 16.0. The summed E-state index contributed by atoms with van der Waals surface area (Å²) in [5.74, 6) is -0.337. The van der Waals surface area contributed by atoms with E-state index in [0.717, 1.165) is 47.5 Å². The zero-order valence-corrected chi connectivity index (χ0v) is 25.8. The highest BCUT2D eigenvalue weighted by Crippen LogP contribution is 2.28. The average molecular weight is 612 g/mol. The van der Waals surface area contributed by atoms with Gasteiger partial charge in [-0.05, 0) is 68.7 Å². The minimum absolute atomic E-state index is 0.0519. The maximum absolute atomic E-state index is 14.1. The molecule has 1 saturated carbocycles. The van der Waals surface area contributed by atoms with Gasteiger partial charge in [-0.1, -0.05) is 66.8 Å². The molecule has 0 spiro atoms. The number of carbonyl (C=O) groups excluding carboxylic acids is 2. The zero-order valence-electron chi connectivity index (χ0n) is 24.3. The van der Waals surface area contributed by atoms with E-state index in [2.05, 4.69) is 5.32 Å². The summed E-state index contributed by atoms with van der Waals surface area (Å²) in [5, 5.41) is 3.66. The molecular weight excluding hydrogens is 574 g/mol. The van der Waals surface area contributed by atoms with Crippen molar-refractivity contribution in [3.8, 4) is 5.75 Å². The van der Waals surface area contributed by atoms with Gasteiger partial charge >= 0.3 is 0 Å². The van der Waals surface area contributed by atoms with Gasteiger partial charge in [-0.25, -0.2) is 8.42 Å². The second kappa shape index (κ2) is 14.1. The normalized spacial score (nSPS) is 14.6.